The molecule has 0 aliphatic heterocycles. The van der Waals surface area contributed by atoms with E-state index < -0.39 is 0 Å². The lowest BCUT2D eigenvalue weighted by molar-refractivity contribution is 1.30. The minimum Gasteiger partial charge on any atom is -0.308 e. The van der Waals surface area contributed by atoms with Crippen LogP contribution in [0.5, 0.6) is 0 Å². The van der Waals surface area contributed by atoms with Gasteiger partial charge in [-0.15, -0.1) is 11.3 Å². The van der Waals surface area contributed by atoms with Crippen molar-refractivity contribution in [1.29, 1.82) is 0 Å². The highest BCUT2D eigenvalue weighted by Crippen LogP contribution is 2.49. The summed E-state index contributed by atoms with van der Waals surface area (Å²) in [6, 6.07) is 82.0. The van der Waals surface area contributed by atoms with Gasteiger partial charge >= 0.3 is 0 Å². The Morgan fingerprint density at radius 2 is 0.828 bits per heavy atom. The highest BCUT2D eigenvalue weighted by Gasteiger charge is 2.22. The van der Waals surface area contributed by atoms with Crippen molar-refractivity contribution < 1.29 is 0 Å². The second-order valence-electron chi connectivity index (χ2n) is 14.9. The third-order valence-corrected chi connectivity index (χ3v) is 12.7. The first-order valence-electron chi connectivity index (χ1n) is 19.8. The molecule has 0 spiro atoms. The van der Waals surface area contributed by atoms with Gasteiger partial charge in [0, 0.05) is 26.7 Å². The molecule has 58 heavy (non-hydrogen) atoms. The van der Waals surface area contributed by atoms with Crippen molar-refractivity contribution in [2.45, 2.75) is 0 Å². The summed E-state index contributed by atoms with van der Waals surface area (Å²) in [6.45, 7) is 0. The van der Waals surface area contributed by atoms with Crippen LogP contribution in [0.1, 0.15) is 0 Å². The van der Waals surface area contributed by atoms with Crippen molar-refractivity contribution in [3.8, 4) is 44.5 Å². The van der Waals surface area contributed by atoms with Gasteiger partial charge in [-0.3, -0.25) is 0 Å². The lowest BCUT2D eigenvalue weighted by atomic mass is 9.91. The molecule has 0 unspecified atom stereocenters. The number of hydrogen-bond donors (Lipinski definition) is 0. The first-order chi connectivity index (χ1) is 28.8. The van der Waals surface area contributed by atoms with Gasteiger partial charge < -0.3 is 4.90 Å². The number of rotatable bonds is 7. The molecule has 1 aromatic heterocycles. The molecule has 0 N–H and O–H groups in total. The lowest BCUT2D eigenvalue weighted by Gasteiger charge is -2.29. The highest BCUT2D eigenvalue weighted by atomic mass is 32.1. The van der Waals surface area contributed by atoms with Crippen LogP contribution in [0.25, 0.3) is 86.2 Å². The number of anilines is 3. The highest BCUT2D eigenvalue weighted by molar-refractivity contribution is 7.26. The number of nitrogens with zero attached hydrogens (tertiary/aromatic N) is 1. The molecule has 0 saturated carbocycles. The van der Waals surface area contributed by atoms with Gasteiger partial charge in [0.2, 0.25) is 0 Å². The van der Waals surface area contributed by atoms with E-state index in [1.807, 2.05) is 11.3 Å². The molecule has 0 radical (unpaired) electrons. The monoisotopic (exact) mass is 755 g/mol. The molecule has 0 aliphatic rings. The summed E-state index contributed by atoms with van der Waals surface area (Å²) >= 11 is 1.87. The number of thiophene rings is 1. The van der Waals surface area contributed by atoms with Crippen molar-refractivity contribution >= 4 is 70.1 Å². The Kier molecular flexibility index (Phi) is 8.42. The molecule has 0 amide bonds. The van der Waals surface area contributed by atoms with E-state index in [1.54, 1.807) is 0 Å². The maximum Gasteiger partial charge on any atom is 0.0640 e. The Morgan fingerprint density at radius 1 is 0.293 bits per heavy atom. The SMILES string of the molecule is c1ccc(-c2ccc(-c3ccc(N(c4cc(-c5cc6ccccc6c6ccccc56)ccc4-c4ccccc4)c4cccc5c4sc4ccccc45)cc3)cc2)cc1. The molecule has 1 nitrogen and oxygen atoms in total. The molecule has 0 aliphatic carbocycles. The van der Waals surface area contributed by atoms with Crippen molar-refractivity contribution in [3.63, 3.8) is 0 Å². The van der Waals surface area contributed by atoms with Gasteiger partial charge in [0.15, 0.2) is 0 Å². The van der Waals surface area contributed by atoms with Gasteiger partial charge in [0.1, 0.15) is 0 Å². The smallest absolute Gasteiger partial charge is 0.0640 e. The fraction of sp³-hybridized carbons (Fsp3) is 0. The predicted molar refractivity (Wildman–Crippen MR) is 251 cm³/mol. The Labute approximate surface area is 342 Å². The fourth-order valence-electron chi connectivity index (χ4n) is 8.64. The number of benzene rings is 10. The lowest BCUT2D eigenvalue weighted by Crippen LogP contribution is -2.11. The van der Waals surface area contributed by atoms with E-state index in [4.69, 9.17) is 0 Å². The minimum absolute atomic E-state index is 1.10. The van der Waals surface area contributed by atoms with Gasteiger partial charge in [0.25, 0.3) is 0 Å². The molecule has 0 bridgehead atoms. The van der Waals surface area contributed by atoms with Gasteiger partial charge in [-0.2, -0.15) is 0 Å². The third-order valence-electron chi connectivity index (χ3n) is 11.5. The number of hydrogen-bond acceptors (Lipinski definition) is 2. The molecular formula is C56H37NS. The average Bonchev–Trinajstić information content (AvgIpc) is 3.69. The summed E-state index contributed by atoms with van der Waals surface area (Å²) in [7, 11) is 0. The van der Waals surface area contributed by atoms with Crippen LogP contribution in [0.15, 0.2) is 224 Å². The second-order valence-corrected chi connectivity index (χ2v) is 15.9. The minimum atomic E-state index is 1.10. The van der Waals surface area contributed by atoms with E-state index in [0.717, 1.165) is 17.1 Å². The molecular weight excluding hydrogens is 719 g/mol. The first-order valence-corrected chi connectivity index (χ1v) is 20.7. The van der Waals surface area contributed by atoms with E-state index in [2.05, 4.69) is 229 Å². The maximum atomic E-state index is 2.50. The van der Waals surface area contributed by atoms with Crippen LogP contribution < -0.4 is 4.90 Å². The van der Waals surface area contributed by atoms with Crippen LogP contribution in [-0.2, 0) is 0 Å². The summed E-state index contributed by atoms with van der Waals surface area (Å²) in [5.41, 5.74) is 13.0. The Morgan fingerprint density at radius 3 is 1.55 bits per heavy atom. The van der Waals surface area contributed by atoms with Crippen molar-refractivity contribution in [2.75, 3.05) is 4.90 Å². The summed E-state index contributed by atoms with van der Waals surface area (Å²) in [6.07, 6.45) is 0. The molecule has 11 rings (SSSR count). The topological polar surface area (TPSA) is 3.24 Å². The van der Waals surface area contributed by atoms with Gasteiger partial charge in [0.05, 0.1) is 16.1 Å². The zero-order chi connectivity index (χ0) is 38.4. The van der Waals surface area contributed by atoms with Crippen molar-refractivity contribution in [2.24, 2.45) is 0 Å². The van der Waals surface area contributed by atoms with Crippen LogP contribution in [-0.4, -0.2) is 0 Å². The van der Waals surface area contributed by atoms with E-state index in [0.29, 0.717) is 0 Å². The van der Waals surface area contributed by atoms with E-state index in [9.17, 15) is 0 Å². The maximum absolute atomic E-state index is 2.50. The van der Waals surface area contributed by atoms with Gasteiger partial charge in [-0.05, 0) is 96.9 Å². The Balaban J connectivity index is 1.14. The molecule has 10 aromatic carbocycles. The molecule has 1 heterocycles. The van der Waals surface area contributed by atoms with Gasteiger partial charge in [-0.25, -0.2) is 0 Å². The predicted octanol–water partition coefficient (Wildman–Crippen LogP) is 16.5. The summed E-state index contributed by atoms with van der Waals surface area (Å²) in [4.78, 5) is 2.50. The Hall–Kier alpha value is -7.26. The molecule has 0 saturated heterocycles. The standard InChI is InChI=1S/C56H37NS/c1-3-14-38(15-4-1)39-26-28-40(29-27-39)41-30-33-45(34-31-41)57(53-24-13-23-51-50-22-11-12-25-55(50)58-56(51)53)54-37-44(32-35-47(54)42-16-5-2-6-17-42)52-36-43-18-7-8-19-46(43)48-20-9-10-21-49(48)52/h1-37H. The summed E-state index contributed by atoms with van der Waals surface area (Å²) in [5, 5.41) is 7.60. The van der Waals surface area contributed by atoms with Crippen molar-refractivity contribution in [3.05, 3.63) is 224 Å². The van der Waals surface area contributed by atoms with E-state index >= 15 is 0 Å². The van der Waals surface area contributed by atoms with Crippen LogP contribution in [0.4, 0.5) is 17.1 Å². The van der Waals surface area contributed by atoms with E-state index in [-0.39, 0.29) is 0 Å². The second kappa shape index (κ2) is 14.4. The first kappa shape index (κ1) is 34.0. The summed E-state index contributed by atoms with van der Waals surface area (Å²) in [5.74, 6) is 0. The summed E-state index contributed by atoms with van der Waals surface area (Å²) < 4.78 is 2.56. The normalized spacial score (nSPS) is 11.4. The third kappa shape index (κ3) is 5.94. The van der Waals surface area contributed by atoms with Crippen LogP contribution in [0.3, 0.4) is 0 Å². The van der Waals surface area contributed by atoms with Crippen LogP contribution in [0, 0.1) is 0 Å². The number of fused-ring (bicyclic) bond motifs is 6. The Bertz CT molecular complexity index is 3250. The molecule has 11 aromatic rings. The van der Waals surface area contributed by atoms with Crippen LogP contribution in [0.2, 0.25) is 0 Å². The van der Waals surface area contributed by atoms with Crippen LogP contribution >= 0.6 is 11.3 Å². The quantitative estimate of drug-likeness (QED) is 0.146. The van der Waals surface area contributed by atoms with E-state index in [1.165, 1.54) is 86.2 Å². The van der Waals surface area contributed by atoms with Crippen molar-refractivity contribution in [1.82, 2.24) is 0 Å². The average molecular weight is 756 g/mol. The zero-order valence-electron chi connectivity index (χ0n) is 31.7. The zero-order valence-corrected chi connectivity index (χ0v) is 32.5. The molecule has 0 fully saturated rings. The molecule has 272 valence electrons. The molecule has 0 atom stereocenters. The van der Waals surface area contributed by atoms with Gasteiger partial charge in [-0.1, -0.05) is 188 Å². The fourth-order valence-corrected chi connectivity index (χ4v) is 9.85. The molecule has 2 heteroatoms. The largest absolute Gasteiger partial charge is 0.308 e.